The summed E-state index contributed by atoms with van der Waals surface area (Å²) in [4.78, 5) is 0.217. The highest BCUT2D eigenvalue weighted by Gasteiger charge is 2.21. The summed E-state index contributed by atoms with van der Waals surface area (Å²) in [5.41, 5.74) is 2.92. The molecule has 122 valence electrons. The second kappa shape index (κ2) is 6.79. The van der Waals surface area contributed by atoms with Gasteiger partial charge < -0.3 is 4.18 Å². The minimum atomic E-state index is -3.80. The Labute approximate surface area is 146 Å². The largest absolute Gasteiger partial charge is 0.379 e. The van der Waals surface area contributed by atoms with Crippen LogP contribution < -0.4 is 4.18 Å². The number of thioether (sulfide) groups is 2. The normalized spacial score (nSPS) is 15.7. The first-order valence-electron chi connectivity index (χ1n) is 7.31. The first kappa shape index (κ1) is 16.7. The van der Waals surface area contributed by atoms with E-state index in [0.29, 0.717) is 15.9 Å². The van der Waals surface area contributed by atoms with Crippen LogP contribution in [0.25, 0.3) is 0 Å². The van der Waals surface area contributed by atoms with Gasteiger partial charge in [0, 0.05) is 11.5 Å². The number of aryl methyl sites for hydroxylation is 2. The maximum absolute atomic E-state index is 12.4. The summed E-state index contributed by atoms with van der Waals surface area (Å²) in [5.74, 6) is 2.67. The van der Waals surface area contributed by atoms with E-state index in [1.165, 1.54) is 5.56 Å². The highest BCUT2D eigenvalue weighted by Crippen LogP contribution is 2.45. The molecule has 0 atom stereocenters. The van der Waals surface area contributed by atoms with Crippen LogP contribution >= 0.6 is 23.5 Å². The molecule has 1 aliphatic heterocycles. The summed E-state index contributed by atoms with van der Waals surface area (Å²) < 4.78 is 30.6. The molecule has 0 amide bonds. The lowest BCUT2D eigenvalue weighted by Crippen LogP contribution is -2.11. The van der Waals surface area contributed by atoms with Gasteiger partial charge in [0.05, 0.1) is 4.58 Å². The van der Waals surface area contributed by atoms with E-state index in [2.05, 4.69) is 0 Å². The van der Waals surface area contributed by atoms with Gasteiger partial charge in [-0.2, -0.15) is 8.42 Å². The molecule has 3 rings (SSSR count). The lowest BCUT2D eigenvalue weighted by Gasteiger charge is -2.12. The quantitative estimate of drug-likeness (QED) is 0.743. The highest BCUT2D eigenvalue weighted by molar-refractivity contribution is 8.19. The molecular formula is C17H18O3S3. The number of hydrogen-bond donors (Lipinski definition) is 0. The molecule has 2 aromatic rings. The van der Waals surface area contributed by atoms with Crippen molar-refractivity contribution in [3.05, 3.63) is 59.2 Å². The lowest BCUT2D eigenvalue weighted by molar-refractivity contribution is 0.485. The SMILES string of the molecule is Cc1ccc(S(=O)(=O)Oc2ccc(C3SCCS3)cc2)c(C)c1. The van der Waals surface area contributed by atoms with Crippen molar-refractivity contribution in [1.29, 1.82) is 0 Å². The molecule has 3 nitrogen and oxygen atoms in total. The van der Waals surface area contributed by atoms with E-state index in [1.54, 1.807) is 31.2 Å². The van der Waals surface area contributed by atoms with E-state index < -0.39 is 10.1 Å². The third-order valence-corrected chi connectivity index (χ3v) is 8.09. The van der Waals surface area contributed by atoms with E-state index in [-0.39, 0.29) is 4.90 Å². The molecule has 0 saturated carbocycles. The molecule has 0 spiro atoms. The fraction of sp³-hybridized carbons (Fsp3) is 0.294. The molecule has 0 bridgehead atoms. The van der Waals surface area contributed by atoms with Gasteiger partial charge in [0.2, 0.25) is 0 Å². The first-order chi connectivity index (χ1) is 11.0. The Morgan fingerprint density at radius 3 is 2.26 bits per heavy atom. The maximum Gasteiger partial charge on any atom is 0.339 e. The summed E-state index contributed by atoms with van der Waals surface area (Å²) in [6.45, 7) is 3.71. The minimum absolute atomic E-state index is 0.217. The molecule has 0 aliphatic carbocycles. The standard InChI is InChI=1S/C17H18O3S3/c1-12-3-8-16(13(2)11-12)23(18,19)20-15-6-4-14(5-7-15)17-21-9-10-22-17/h3-8,11,17H,9-10H2,1-2H3. The van der Waals surface area contributed by atoms with Crippen LogP contribution in [0.4, 0.5) is 0 Å². The number of benzene rings is 2. The van der Waals surface area contributed by atoms with E-state index >= 15 is 0 Å². The van der Waals surface area contributed by atoms with Crippen LogP contribution in [0.3, 0.4) is 0 Å². The van der Waals surface area contributed by atoms with Crippen LogP contribution in [0.1, 0.15) is 21.3 Å². The molecule has 23 heavy (non-hydrogen) atoms. The molecule has 0 N–H and O–H groups in total. The van der Waals surface area contributed by atoms with Crippen molar-refractivity contribution in [2.75, 3.05) is 11.5 Å². The Bertz CT molecular complexity index is 792. The third-order valence-electron chi connectivity index (χ3n) is 3.58. The molecular weight excluding hydrogens is 348 g/mol. The Morgan fingerprint density at radius 2 is 1.65 bits per heavy atom. The molecule has 6 heteroatoms. The Balaban J connectivity index is 1.80. The summed E-state index contributed by atoms with van der Waals surface area (Å²) >= 11 is 3.84. The first-order valence-corrected chi connectivity index (χ1v) is 10.8. The van der Waals surface area contributed by atoms with Crippen molar-refractivity contribution < 1.29 is 12.6 Å². The van der Waals surface area contributed by atoms with Gasteiger partial charge in [-0.25, -0.2) is 0 Å². The lowest BCUT2D eigenvalue weighted by atomic mass is 10.2. The zero-order valence-electron chi connectivity index (χ0n) is 13.0. The zero-order chi connectivity index (χ0) is 16.4. The Morgan fingerprint density at radius 1 is 1.00 bits per heavy atom. The van der Waals surface area contributed by atoms with Crippen molar-refractivity contribution in [3.8, 4) is 5.75 Å². The van der Waals surface area contributed by atoms with Crippen molar-refractivity contribution in [2.24, 2.45) is 0 Å². The Hall–Kier alpha value is -1.11. The minimum Gasteiger partial charge on any atom is -0.379 e. The molecule has 2 aromatic carbocycles. The predicted octanol–water partition coefficient (Wildman–Crippen LogP) is 4.55. The summed E-state index contributed by atoms with van der Waals surface area (Å²) in [6.07, 6.45) is 0. The third kappa shape index (κ3) is 3.87. The van der Waals surface area contributed by atoms with Crippen LogP contribution in [-0.4, -0.2) is 19.9 Å². The topological polar surface area (TPSA) is 43.4 Å². The molecule has 1 aliphatic rings. The molecule has 1 saturated heterocycles. The molecule has 1 heterocycles. The monoisotopic (exact) mass is 366 g/mol. The average Bonchev–Trinajstić information content (AvgIpc) is 3.01. The smallest absolute Gasteiger partial charge is 0.339 e. The zero-order valence-corrected chi connectivity index (χ0v) is 15.4. The van der Waals surface area contributed by atoms with E-state index in [4.69, 9.17) is 4.18 Å². The van der Waals surface area contributed by atoms with Gasteiger partial charge in [0.25, 0.3) is 0 Å². The van der Waals surface area contributed by atoms with Gasteiger partial charge in [-0.3, -0.25) is 0 Å². The highest BCUT2D eigenvalue weighted by atomic mass is 32.2. The van der Waals surface area contributed by atoms with Crippen LogP contribution in [-0.2, 0) is 10.1 Å². The molecule has 0 radical (unpaired) electrons. The molecule has 0 aromatic heterocycles. The van der Waals surface area contributed by atoms with Gasteiger partial charge in [-0.1, -0.05) is 29.8 Å². The van der Waals surface area contributed by atoms with Gasteiger partial charge in [-0.05, 0) is 43.2 Å². The van der Waals surface area contributed by atoms with E-state index in [9.17, 15) is 8.42 Å². The van der Waals surface area contributed by atoms with Crippen molar-refractivity contribution >= 4 is 33.6 Å². The van der Waals surface area contributed by atoms with Crippen molar-refractivity contribution in [2.45, 2.75) is 23.3 Å². The van der Waals surface area contributed by atoms with Crippen LogP contribution in [0.15, 0.2) is 47.4 Å². The Kier molecular flexibility index (Phi) is 4.94. The maximum atomic E-state index is 12.4. The predicted molar refractivity (Wildman–Crippen MR) is 97.8 cm³/mol. The van der Waals surface area contributed by atoms with Gasteiger partial charge >= 0.3 is 10.1 Å². The fourth-order valence-electron chi connectivity index (χ4n) is 2.48. The molecule has 1 fully saturated rings. The van der Waals surface area contributed by atoms with Gasteiger partial charge in [0.1, 0.15) is 10.6 Å². The number of hydrogen-bond acceptors (Lipinski definition) is 5. The summed E-state index contributed by atoms with van der Waals surface area (Å²) in [7, 11) is -3.80. The average molecular weight is 367 g/mol. The van der Waals surface area contributed by atoms with Crippen molar-refractivity contribution in [1.82, 2.24) is 0 Å². The van der Waals surface area contributed by atoms with Crippen LogP contribution in [0.2, 0.25) is 0 Å². The molecule has 0 unspecified atom stereocenters. The fourth-order valence-corrected chi connectivity index (χ4v) is 6.48. The van der Waals surface area contributed by atoms with Gasteiger partial charge in [0.15, 0.2) is 0 Å². The second-order valence-electron chi connectivity index (χ2n) is 5.45. The summed E-state index contributed by atoms with van der Waals surface area (Å²) in [6, 6.07) is 12.6. The second-order valence-corrected chi connectivity index (χ2v) is 9.69. The van der Waals surface area contributed by atoms with Gasteiger partial charge in [-0.15, -0.1) is 23.5 Å². The van der Waals surface area contributed by atoms with Crippen molar-refractivity contribution in [3.63, 3.8) is 0 Å². The van der Waals surface area contributed by atoms with E-state index in [0.717, 1.165) is 17.1 Å². The van der Waals surface area contributed by atoms with Crippen LogP contribution in [0, 0.1) is 13.8 Å². The number of rotatable bonds is 4. The van der Waals surface area contributed by atoms with Crippen LogP contribution in [0.5, 0.6) is 5.75 Å². The van der Waals surface area contributed by atoms with E-state index in [1.807, 2.05) is 48.6 Å². The summed E-state index contributed by atoms with van der Waals surface area (Å²) in [5, 5.41) is 0.